The maximum atomic E-state index is 10.9. The Labute approximate surface area is 130 Å². The normalized spacial score (nSPS) is 31.0. The van der Waals surface area contributed by atoms with Gasteiger partial charge in [0.25, 0.3) is 0 Å². The first-order chi connectivity index (χ1) is 5.70. The number of rotatable bonds is 2. The van der Waals surface area contributed by atoms with Crippen LogP contribution in [0.15, 0.2) is 0 Å². The molecule has 1 saturated heterocycles. The Morgan fingerprint density at radius 1 is 1.36 bits per heavy atom. The van der Waals surface area contributed by atoms with E-state index in [-0.39, 0.29) is 57.1 Å². The summed E-state index contributed by atoms with van der Waals surface area (Å²) in [6, 6.07) is 0. The molecule has 0 aromatic rings. The monoisotopic (exact) mass is 288 g/mol. The van der Waals surface area contributed by atoms with Crippen LogP contribution in [0.3, 0.4) is 0 Å². The number of hydrogen-bond acceptors (Lipinski definition) is 6. The molecule has 2 atom stereocenters. The van der Waals surface area contributed by atoms with Crippen LogP contribution in [0, 0.1) is 0 Å². The van der Waals surface area contributed by atoms with Gasteiger partial charge in [-0.1, -0.05) is 0 Å². The Hall–Kier alpha value is 1.75. The Morgan fingerprint density at radius 2 is 1.86 bits per heavy atom. The molecule has 1 fully saturated rings. The molecule has 0 aliphatic carbocycles. The molecule has 6 nitrogen and oxygen atoms in total. The smallest absolute Gasteiger partial charge is 0.726 e. The van der Waals surface area contributed by atoms with Gasteiger partial charge in [0.2, 0.25) is 10.4 Å². The molecule has 2 unspecified atom stereocenters. The van der Waals surface area contributed by atoms with E-state index < -0.39 is 37.5 Å². The molecule has 1 aliphatic rings. The molecule has 78 valence electrons. The van der Waals surface area contributed by atoms with Crippen LogP contribution < -0.4 is 51.4 Å². The largest absolute Gasteiger partial charge is 1.00 e. The minimum absolute atomic E-state index is 0. The second-order valence-corrected chi connectivity index (χ2v) is 6.36. The van der Waals surface area contributed by atoms with Crippen molar-refractivity contribution in [2.24, 2.45) is 0 Å². The van der Waals surface area contributed by atoms with Gasteiger partial charge in [0.05, 0.1) is 16.9 Å². The number of sulfone groups is 1. The minimum atomic E-state index is -4.89. The molecule has 0 saturated carbocycles. The maximum absolute atomic E-state index is 10.9. The Morgan fingerprint density at radius 3 is 2.14 bits per heavy atom. The summed E-state index contributed by atoms with van der Waals surface area (Å²) < 4.78 is 56.0. The molecule has 0 aromatic carbocycles. The van der Waals surface area contributed by atoms with Gasteiger partial charge in [-0.2, -0.15) is 0 Å². The van der Waals surface area contributed by atoms with Gasteiger partial charge in [-0.25, -0.2) is 16.8 Å². The third-order valence-corrected chi connectivity index (χ3v) is 4.28. The number of hydrogen-bond donors (Lipinski definition) is 0. The van der Waals surface area contributed by atoms with Gasteiger partial charge < -0.3 is 4.55 Å². The van der Waals surface area contributed by atoms with Gasteiger partial charge in [-0.05, 0) is 0 Å². The summed E-state index contributed by atoms with van der Waals surface area (Å²) in [6.45, 7) is 0. The van der Waals surface area contributed by atoms with E-state index in [1.165, 1.54) is 0 Å². The molecule has 1 heterocycles. The molecule has 1 aliphatic heterocycles. The van der Waals surface area contributed by atoms with E-state index in [1.54, 1.807) is 0 Å². The first kappa shape index (κ1) is 15.7. The molecular weight excluding hydrogens is 283 g/mol. The van der Waals surface area contributed by atoms with E-state index in [2.05, 4.69) is 4.18 Å². The Bertz CT molecular complexity index is 388. The molecule has 14 heavy (non-hydrogen) atoms. The third kappa shape index (κ3) is 5.19. The Balaban J connectivity index is 0.00000169. The van der Waals surface area contributed by atoms with Crippen LogP contribution in [0.5, 0.6) is 0 Å². The fourth-order valence-electron chi connectivity index (χ4n) is 1.01. The topological polar surface area (TPSA) is 101 Å². The van der Waals surface area contributed by atoms with Crippen molar-refractivity contribution < 1.29 is 77.0 Å². The standard InChI is InChI=1S/C4H7ClO6S2.K/c5-3-1-12(6,7)2-4(3)11-13(8,9)10;/h3-4H,1-2H2,(H,8,9,10);/q;+1/p-1. The SMILES string of the molecule is O=S1(=O)CC(Cl)C(OS(=O)(=O)[O-])C1.[K+]. The maximum Gasteiger partial charge on any atom is 1.00 e. The molecular formula is C4H6ClKO6S2. The van der Waals surface area contributed by atoms with Crippen LogP contribution in [0.25, 0.3) is 0 Å². The van der Waals surface area contributed by atoms with Gasteiger partial charge in [0, 0.05) is 0 Å². The molecule has 0 N–H and O–H groups in total. The third-order valence-electron chi connectivity index (χ3n) is 1.48. The van der Waals surface area contributed by atoms with E-state index in [0.29, 0.717) is 0 Å². The van der Waals surface area contributed by atoms with Crippen LogP contribution in [0.4, 0.5) is 0 Å². The van der Waals surface area contributed by atoms with Crippen molar-refractivity contribution in [2.75, 3.05) is 11.5 Å². The van der Waals surface area contributed by atoms with Crippen molar-refractivity contribution in [1.29, 1.82) is 0 Å². The van der Waals surface area contributed by atoms with E-state index in [0.717, 1.165) is 0 Å². The average molecular weight is 289 g/mol. The zero-order chi connectivity index (χ0) is 10.3. The van der Waals surface area contributed by atoms with Crippen molar-refractivity contribution in [3.63, 3.8) is 0 Å². The summed E-state index contributed by atoms with van der Waals surface area (Å²) in [4.78, 5) is 0. The predicted molar refractivity (Wildman–Crippen MR) is 42.9 cm³/mol. The first-order valence-electron chi connectivity index (χ1n) is 3.18. The summed E-state index contributed by atoms with van der Waals surface area (Å²) in [5, 5.41) is -0.978. The molecule has 0 bridgehead atoms. The van der Waals surface area contributed by atoms with Crippen LogP contribution >= 0.6 is 11.6 Å². The summed E-state index contributed by atoms with van der Waals surface area (Å²) in [5.74, 6) is -0.891. The molecule has 0 spiro atoms. The fraction of sp³-hybridized carbons (Fsp3) is 1.00. The number of alkyl halides is 1. The van der Waals surface area contributed by atoms with Crippen LogP contribution in [0.2, 0.25) is 0 Å². The van der Waals surface area contributed by atoms with Gasteiger partial charge in [-0.3, -0.25) is 4.18 Å². The quantitative estimate of drug-likeness (QED) is 0.221. The molecule has 0 amide bonds. The molecule has 10 heteroatoms. The predicted octanol–water partition coefficient (Wildman–Crippen LogP) is -4.13. The molecule has 0 aromatic heterocycles. The van der Waals surface area contributed by atoms with Crippen molar-refractivity contribution in [3.8, 4) is 0 Å². The van der Waals surface area contributed by atoms with Crippen molar-refractivity contribution in [2.45, 2.75) is 11.5 Å². The zero-order valence-electron chi connectivity index (χ0n) is 7.21. The van der Waals surface area contributed by atoms with E-state index in [4.69, 9.17) is 11.6 Å². The molecule has 0 radical (unpaired) electrons. The van der Waals surface area contributed by atoms with Gasteiger partial charge in [0.1, 0.15) is 6.10 Å². The summed E-state index contributed by atoms with van der Waals surface area (Å²) in [5.41, 5.74) is 0. The van der Waals surface area contributed by atoms with Crippen molar-refractivity contribution >= 4 is 31.8 Å². The van der Waals surface area contributed by atoms with E-state index >= 15 is 0 Å². The summed E-state index contributed by atoms with van der Waals surface area (Å²) >= 11 is 5.46. The van der Waals surface area contributed by atoms with E-state index in [9.17, 15) is 21.4 Å². The van der Waals surface area contributed by atoms with Crippen LogP contribution in [0.1, 0.15) is 0 Å². The van der Waals surface area contributed by atoms with Crippen molar-refractivity contribution in [1.82, 2.24) is 0 Å². The summed E-state index contributed by atoms with van der Waals surface area (Å²) in [7, 11) is -8.27. The van der Waals surface area contributed by atoms with Crippen LogP contribution in [-0.4, -0.2) is 44.4 Å². The Kier molecular flexibility index (Phi) is 6.06. The number of halogens is 1. The van der Waals surface area contributed by atoms with Crippen LogP contribution in [-0.2, 0) is 24.4 Å². The summed E-state index contributed by atoms with van der Waals surface area (Å²) in [6.07, 6.45) is -1.26. The second kappa shape index (κ2) is 5.39. The average Bonchev–Trinajstić information content (AvgIpc) is 2.00. The van der Waals surface area contributed by atoms with Gasteiger partial charge >= 0.3 is 51.4 Å². The minimum Gasteiger partial charge on any atom is -0.726 e. The van der Waals surface area contributed by atoms with Gasteiger partial charge in [-0.15, -0.1) is 11.6 Å². The zero-order valence-corrected chi connectivity index (χ0v) is 12.7. The second-order valence-electron chi connectivity index (χ2n) is 2.64. The van der Waals surface area contributed by atoms with E-state index in [1.807, 2.05) is 0 Å². The first-order valence-corrected chi connectivity index (χ1v) is 6.77. The molecule has 1 rings (SSSR count). The van der Waals surface area contributed by atoms with Gasteiger partial charge in [0.15, 0.2) is 9.84 Å². The fourth-order valence-corrected chi connectivity index (χ4v) is 4.12. The van der Waals surface area contributed by atoms with Crippen molar-refractivity contribution in [3.05, 3.63) is 0 Å².